The predicted octanol–water partition coefficient (Wildman–Crippen LogP) is 1.55. The number of amides is 1. The number of pyridine rings is 2. The average Bonchev–Trinajstić information content (AvgIpc) is 3.37. The van der Waals surface area contributed by atoms with Gasteiger partial charge >= 0.3 is 0 Å². The summed E-state index contributed by atoms with van der Waals surface area (Å²) < 4.78 is 1.95. The van der Waals surface area contributed by atoms with Crippen LogP contribution in [0.5, 0.6) is 0 Å². The molecule has 0 radical (unpaired) electrons. The Kier molecular flexibility index (Phi) is 5.18. The van der Waals surface area contributed by atoms with Gasteiger partial charge in [0, 0.05) is 31.7 Å². The highest BCUT2D eigenvalue weighted by molar-refractivity contribution is 5.96. The summed E-state index contributed by atoms with van der Waals surface area (Å²) in [6.45, 7) is 3.57. The second kappa shape index (κ2) is 8.12. The molecule has 0 unspecified atom stereocenters. The summed E-state index contributed by atoms with van der Waals surface area (Å²) >= 11 is 0. The minimum atomic E-state index is -0.498. The van der Waals surface area contributed by atoms with Gasteiger partial charge in [-0.2, -0.15) is 0 Å². The van der Waals surface area contributed by atoms with Crippen molar-refractivity contribution in [2.75, 3.05) is 26.2 Å². The van der Waals surface area contributed by atoms with Gasteiger partial charge in [-0.3, -0.25) is 14.7 Å². The predicted molar refractivity (Wildman–Crippen MR) is 112 cm³/mol. The molecule has 8 nitrogen and oxygen atoms in total. The minimum Gasteiger partial charge on any atom is -0.390 e. The van der Waals surface area contributed by atoms with E-state index in [9.17, 15) is 9.90 Å². The van der Waals surface area contributed by atoms with Crippen LogP contribution in [0.3, 0.4) is 0 Å². The minimum absolute atomic E-state index is 0.0321. The van der Waals surface area contributed by atoms with Gasteiger partial charge in [-0.15, -0.1) is 0 Å². The fourth-order valence-corrected chi connectivity index (χ4v) is 4.60. The molecule has 2 fully saturated rings. The Balaban J connectivity index is 1.32. The molecule has 5 rings (SSSR count). The normalized spacial score (nSPS) is 22.6. The van der Waals surface area contributed by atoms with E-state index in [2.05, 4.69) is 19.9 Å². The standard InChI is InChI=1S/C22H26N6O2/c29-20-14-27(13-19(20)26-7-2-1-3-8-26)22(30)17-9-18-21(24-11-17)28(15-25-18)12-16-5-4-6-23-10-16/h4-6,9-11,15,19-20,29H,1-3,7-8,12-14H2/t19-,20-/m0/s1. The second-order valence-electron chi connectivity index (χ2n) is 8.24. The Labute approximate surface area is 175 Å². The number of carbonyl (C=O) groups excluding carboxylic acids is 1. The van der Waals surface area contributed by atoms with Crippen LogP contribution in [-0.4, -0.2) is 78.7 Å². The van der Waals surface area contributed by atoms with Crippen LogP contribution >= 0.6 is 0 Å². The van der Waals surface area contributed by atoms with Crippen molar-refractivity contribution in [2.24, 2.45) is 0 Å². The molecule has 1 amide bonds. The van der Waals surface area contributed by atoms with Crippen LogP contribution in [0.4, 0.5) is 0 Å². The van der Waals surface area contributed by atoms with Crippen LogP contribution in [0, 0.1) is 0 Å². The van der Waals surface area contributed by atoms with Crippen molar-refractivity contribution in [3.05, 3.63) is 54.2 Å². The summed E-state index contributed by atoms with van der Waals surface area (Å²) in [7, 11) is 0. The first kappa shape index (κ1) is 19.1. The van der Waals surface area contributed by atoms with Gasteiger partial charge in [0.05, 0.1) is 30.6 Å². The third kappa shape index (κ3) is 3.68. The molecule has 0 aliphatic carbocycles. The largest absolute Gasteiger partial charge is 0.390 e. The van der Waals surface area contributed by atoms with Gasteiger partial charge in [-0.25, -0.2) is 9.97 Å². The number of hydrogen-bond acceptors (Lipinski definition) is 6. The molecule has 2 aliphatic rings. The quantitative estimate of drug-likeness (QED) is 0.707. The first-order valence-electron chi connectivity index (χ1n) is 10.6. The Hall–Kier alpha value is -2.84. The van der Waals surface area contributed by atoms with E-state index < -0.39 is 6.10 Å². The molecular formula is C22H26N6O2. The number of rotatable bonds is 4. The lowest BCUT2D eigenvalue weighted by Gasteiger charge is -2.33. The van der Waals surface area contributed by atoms with Gasteiger partial charge < -0.3 is 14.6 Å². The molecule has 1 N–H and O–H groups in total. The van der Waals surface area contributed by atoms with Crippen LogP contribution in [0.15, 0.2) is 43.1 Å². The topological polar surface area (TPSA) is 87.4 Å². The van der Waals surface area contributed by atoms with E-state index in [1.165, 1.54) is 19.3 Å². The smallest absolute Gasteiger partial charge is 0.255 e. The monoisotopic (exact) mass is 406 g/mol. The van der Waals surface area contributed by atoms with Crippen molar-refractivity contribution in [3.8, 4) is 0 Å². The van der Waals surface area contributed by atoms with Crippen LogP contribution < -0.4 is 0 Å². The Bertz CT molecular complexity index is 1030. The molecule has 156 valence electrons. The number of imidazole rings is 1. The van der Waals surface area contributed by atoms with Crippen LogP contribution in [0.2, 0.25) is 0 Å². The zero-order valence-corrected chi connectivity index (χ0v) is 16.9. The molecule has 8 heteroatoms. The molecule has 3 aromatic rings. The van der Waals surface area contributed by atoms with Crippen molar-refractivity contribution in [1.82, 2.24) is 29.3 Å². The Morgan fingerprint density at radius 3 is 2.80 bits per heavy atom. The Morgan fingerprint density at radius 1 is 1.13 bits per heavy atom. The summed E-state index contributed by atoms with van der Waals surface area (Å²) in [4.78, 5) is 30.3. The maximum atomic E-state index is 13.1. The summed E-state index contributed by atoms with van der Waals surface area (Å²) in [6.07, 6.45) is 10.0. The lowest BCUT2D eigenvalue weighted by atomic mass is 10.1. The van der Waals surface area contributed by atoms with Gasteiger partial charge in [-0.05, 0) is 43.6 Å². The summed E-state index contributed by atoms with van der Waals surface area (Å²) in [5, 5.41) is 10.6. The van der Waals surface area contributed by atoms with E-state index in [0.717, 1.165) is 24.3 Å². The zero-order chi connectivity index (χ0) is 20.5. The van der Waals surface area contributed by atoms with Crippen molar-refractivity contribution >= 4 is 17.1 Å². The van der Waals surface area contributed by atoms with Crippen molar-refractivity contribution in [3.63, 3.8) is 0 Å². The summed E-state index contributed by atoms with van der Waals surface area (Å²) in [6, 6.07) is 5.74. The number of aromatic nitrogens is 4. The summed E-state index contributed by atoms with van der Waals surface area (Å²) in [5.74, 6) is -0.0928. The van der Waals surface area contributed by atoms with E-state index in [0.29, 0.717) is 30.7 Å². The first-order chi connectivity index (χ1) is 14.7. The third-order valence-corrected chi connectivity index (χ3v) is 6.18. The van der Waals surface area contributed by atoms with Gasteiger partial charge in [-0.1, -0.05) is 12.5 Å². The first-order valence-corrected chi connectivity index (χ1v) is 10.6. The van der Waals surface area contributed by atoms with E-state index >= 15 is 0 Å². The fraction of sp³-hybridized carbons (Fsp3) is 0.455. The highest BCUT2D eigenvalue weighted by Crippen LogP contribution is 2.23. The number of carbonyl (C=O) groups is 1. The lowest BCUT2D eigenvalue weighted by Crippen LogP contribution is -2.46. The third-order valence-electron chi connectivity index (χ3n) is 6.18. The molecule has 2 aliphatic heterocycles. The zero-order valence-electron chi connectivity index (χ0n) is 16.9. The second-order valence-corrected chi connectivity index (χ2v) is 8.24. The molecule has 0 saturated carbocycles. The number of β-amino-alcohol motifs (C(OH)–C–C–N with tert-alkyl or cyclic N) is 1. The molecule has 3 aromatic heterocycles. The van der Waals surface area contributed by atoms with Crippen LogP contribution in [-0.2, 0) is 6.54 Å². The maximum Gasteiger partial charge on any atom is 0.255 e. The molecule has 0 bridgehead atoms. The lowest BCUT2D eigenvalue weighted by molar-refractivity contribution is 0.0702. The number of aliphatic hydroxyl groups is 1. The number of piperidine rings is 1. The number of likely N-dealkylation sites (tertiary alicyclic amines) is 2. The molecule has 2 saturated heterocycles. The average molecular weight is 406 g/mol. The van der Waals surface area contributed by atoms with Crippen molar-refractivity contribution in [2.45, 2.75) is 38.0 Å². The van der Waals surface area contributed by atoms with Gasteiger partial charge in [0.15, 0.2) is 5.65 Å². The van der Waals surface area contributed by atoms with Gasteiger partial charge in [0.2, 0.25) is 0 Å². The van der Waals surface area contributed by atoms with Crippen LogP contribution in [0.25, 0.3) is 11.2 Å². The van der Waals surface area contributed by atoms with E-state index in [-0.39, 0.29) is 11.9 Å². The summed E-state index contributed by atoms with van der Waals surface area (Å²) in [5.41, 5.74) is 3.01. The molecular weight excluding hydrogens is 380 g/mol. The van der Waals surface area contributed by atoms with E-state index in [1.54, 1.807) is 29.7 Å². The van der Waals surface area contributed by atoms with E-state index in [1.807, 2.05) is 22.9 Å². The SMILES string of the molecule is O=C(c1cnc2c(c1)ncn2Cc1cccnc1)N1C[C@H](O)[C@@H](N2CCCCC2)C1. The molecule has 5 heterocycles. The Morgan fingerprint density at radius 2 is 2.00 bits per heavy atom. The highest BCUT2D eigenvalue weighted by atomic mass is 16.3. The number of fused-ring (bicyclic) bond motifs is 1. The molecule has 0 aromatic carbocycles. The van der Waals surface area contributed by atoms with E-state index in [4.69, 9.17) is 0 Å². The number of hydrogen-bond donors (Lipinski definition) is 1. The maximum absolute atomic E-state index is 13.1. The van der Waals surface area contributed by atoms with Crippen LogP contribution in [0.1, 0.15) is 35.2 Å². The number of aliphatic hydroxyl groups excluding tert-OH is 1. The molecule has 0 spiro atoms. The van der Waals surface area contributed by atoms with Crippen molar-refractivity contribution in [1.29, 1.82) is 0 Å². The van der Waals surface area contributed by atoms with Crippen molar-refractivity contribution < 1.29 is 9.90 Å². The van der Waals surface area contributed by atoms with Gasteiger partial charge in [0.25, 0.3) is 5.91 Å². The highest BCUT2D eigenvalue weighted by Gasteiger charge is 2.38. The fourth-order valence-electron chi connectivity index (χ4n) is 4.60. The number of nitrogens with zero attached hydrogens (tertiary/aromatic N) is 6. The van der Waals surface area contributed by atoms with Gasteiger partial charge in [0.1, 0.15) is 5.52 Å². The molecule has 2 atom stereocenters. The molecule has 30 heavy (non-hydrogen) atoms.